The Morgan fingerprint density at radius 3 is 0.889 bits per heavy atom. The summed E-state index contributed by atoms with van der Waals surface area (Å²) in [6.07, 6.45) is 47.2. The van der Waals surface area contributed by atoms with E-state index >= 15 is 0 Å². The molecule has 0 aromatic heterocycles. The van der Waals surface area contributed by atoms with E-state index in [0.717, 1.165) is 38.5 Å². The molecule has 0 spiro atoms. The zero-order valence-electron chi connectivity index (χ0n) is 36.5. The van der Waals surface area contributed by atoms with Gasteiger partial charge in [-0.2, -0.15) is 0 Å². The molecule has 6 heteroatoms. The lowest BCUT2D eigenvalue weighted by atomic mass is 9.99. The first kappa shape index (κ1) is 53.3. The van der Waals surface area contributed by atoms with E-state index in [0.29, 0.717) is 12.8 Å². The Morgan fingerprint density at radius 1 is 0.389 bits per heavy atom. The molecule has 0 aromatic carbocycles. The minimum atomic E-state index is -1.25. The van der Waals surface area contributed by atoms with Gasteiger partial charge in [0, 0.05) is 0 Å². The monoisotopic (exact) mass is 768 g/mol. The first-order chi connectivity index (χ1) is 26.5. The number of aliphatic hydroxyl groups excluding tert-OH is 4. The summed E-state index contributed by atoms with van der Waals surface area (Å²) >= 11 is 0. The molecule has 0 saturated carbocycles. The molecule has 4 atom stereocenters. The van der Waals surface area contributed by atoms with Gasteiger partial charge in [0.05, 0.1) is 18.8 Å². The summed E-state index contributed by atoms with van der Waals surface area (Å²) in [5.41, 5.74) is 0. The van der Waals surface area contributed by atoms with Crippen LogP contribution >= 0.6 is 0 Å². The molecule has 0 saturated heterocycles. The lowest BCUT2D eigenvalue weighted by Crippen LogP contribution is -2.53. The highest BCUT2D eigenvalue weighted by molar-refractivity contribution is 5.80. The molecule has 6 nitrogen and oxygen atoms in total. The molecule has 5 N–H and O–H groups in total. The van der Waals surface area contributed by atoms with Gasteiger partial charge in [0.25, 0.3) is 0 Å². The lowest BCUT2D eigenvalue weighted by Gasteiger charge is -2.27. The molecule has 0 aliphatic rings. The van der Waals surface area contributed by atoms with Crippen molar-refractivity contribution in [2.24, 2.45) is 0 Å². The molecular weight excluding hydrogens is 671 g/mol. The highest BCUT2D eigenvalue weighted by atomic mass is 16.3. The van der Waals surface area contributed by atoms with Crippen LogP contribution in [0.1, 0.15) is 271 Å². The van der Waals surface area contributed by atoms with E-state index in [1.54, 1.807) is 0 Å². The third-order valence-corrected chi connectivity index (χ3v) is 11.8. The van der Waals surface area contributed by atoms with Crippen molar-refractivity contribution < 1.29 is 25.2 Å². The van der Waals surface area contributed by atoms with Crippen molar-refractivity contribution in [3.8, 4) is 0 Å². The van der Waals surface area contributed by atoms with Gasteiger partial charge < -0.3 is 25.7 Å². The fraction of sp³-hybridized carbons (Fsp3) is 0.979. The van der Waals surface area contributed by atoms with Gasteiger partial charge in [0.2, 0.25) is 5.91 Å². The van der Waals surface area contributed by atoms with Gasteiger partial charge in [-0.1, -0.05) is 258 Å². The zero-order valence-corrected chi connectivity index (χ0v) is 36.5. The van der Waals surface area contributed by atoms with Crippen LogP contribution < -0.4 is 5.32 Å². The second kappa shape index (κ2) is 43.4. The Bertz CT molecular complexity index is 736. The van der Waals surface area contributed by atoms with Gasteiger partial charge in [0.15, 0.2) is 0 Å². The Kier molecular flexibility index (Phi) is 42.9. The third-order valence-electron chi connectivity index (χ3n) is 11.8. The van der Waals surface area contributed by atoms with Gasteiger partial charge in [-0.3, -0.25) is 4.79 Å². The predicted molar refractivity (Wildman–Crippen MR) is 233 cm³/mol. The first-order valence-electron chi connectivity index (χ1n) is 24.4. The van der Waals surface area contributed by atoms with Crippen molar-refractivity contribution in [1.82, 2.24) is 5.32 Å². The smallest absolute Gasteiger partial charge is 0.249 e. The van der Waals surface area contributed by atoms with E-state index in [1.807, 2.05) is 0 Å². The van der Waals surface area contributed by atoms with E-state index < -0.39 is 36.9 Å². The Hall–Kier alpha value is -0.690. The van der Waals surface area contributed by atoms with Crippen LogP contribution in [0.4, 0.5) is 0 Å². The summed E-state index contributed by atoms with van der Waals surface area (Å²) in [4.78, 5) is 12.5. The summed E-state index contributed by atoms with van der Waals surface area (Å²) in [7, 11) is 0. The number of amides is 1. The van der Waals surface area contributed by atoms with Crippen LogP contribution in [-0.2, 0) is 4.79 Å². The third kappa shape index (κ3) is 36.9. The predicted octanol–water partition coefficient (Wildman–Crippen LogP) is 13.2. The molecule has 0 radical (unpaired) electrons. The summed E-state index contributed by atoms with van der Waals surface area (Å²) in [5.74, 6) is -0.579. The van der Waals surface area contributed by atoms with Crippen LogP contribution in [0.15, 0.2) is 0 Å². The van der Waals surface area contributed by atoms with E-state index in [2.05, 4.69) is 19.2 Å². The van der Waals surface area contributed by atoms with Crippen molar-refractivity contribution in [2.75, 3.05) is 6.61 Å². The molecule has 324 valence electrons. The lowest BCUT2D eigenvalue weighted by molar-refractivity contribution is -0.132. The maximum Gasteiger partial charge on any atom is 0.249 e. The minimum Gasteiger partial charge on any atom is -0.394 e. The Labute approximate surface area is 337 Å². The standard InChI is InChI=1S/C48H97NO5/c1-3-5-7-9-11-13-15-17-18-19-20-21-22-23-24-25-26-27-28-30-31-33-35-37-39-41-45(51)47(53)44(43-50)49-48(54)46(52)42-40-38-36-34-32-29-16-14-12-10-8-6-4-2/h44-47,50-53H,3-43H2,1-2H3,(H,49,54). The number of carbonyl (C=O) groups is 1. The topological polar surface area (TPSA) is 110 Å². The molecule has 0 aromatic rings. The zero-order chi connectivity index (χ0) is 39.6. The SMILES string of the molecule is CCCCCCCCCCCCCCCCCCCCCCCCCCCC(O)C(O)C(CO)NC(=O)C(O)CCCCCCCCCCCCCCC. The van der Waals surface area contributed by atoms with Gasteiger partial charge in [-0.05, 0) is 12.8 Å². The number of aliphatic hydroxyl groups is 4. The Morgan fingerprint density at radius 2 is 0.630 bits per heavy atom. The summed E-state index contributed by atoms with van der Waals surface area (Å²) < 4.78 is 0. The number of carbonyl (C=O) groups excluding carboxylic acids is 1. The molecule has 4 unspecified atom stereocenters. The molecule has 0 heterocycles. The second-order valence-electron chi connectivity index (χ2n) is 17.2. The fourth-order valence-corrected chi connectivity index (χ4v) is 7.94. The quantitative estimate of drug-likeness (QED) is 0.0396. The second-order valence-corrected chi connectivity index (χ2v) is 17.2. The highest BCUT2D eigenvalue weighted by Crippen LogP contribution is 2.18. The minimum absolute atomic E-state index is 0.375. The number of nitrogens with one attached hydrogen (secondary N) is 1. The molecule has 0 fully saturated rings. The molecule has 1 amide bonds. The molecule has 0 bridgehead atoms. The Balaban J connectivity index is 3.60. The normalized spacial score (nSPS) is 14.0. The first-order valence-corrected chi connectivity index (χ1v) is 24.4. The molecule has 0 aliphatic carbocycles. The maximum absolute atomic E-state index is 12.5. The summed E-state index contributed by atoms with van der Waals surface area (Å²) in [5, 5.41) is 43.8. The van der Waals surface area contributed by atoms with Crippen LogP contribution in [0.25, 0.3) is 0 Å². The van der Waals surface area contributed by atoms with E-state index in [4.69, 9.17) is 0 Å². The van der Waals surface area contributed by atoms with Crippen molar-refractivity contribution >= 4 is 5.91 Å². The van der Waals surface area contributed by atoms with Gasteiger partial charge in [-0.25, -0.2) is 0 Å². The number of rotatable bonds is 45. The van der Waals surface area contributed by atoms with E-state index in [-0.39, 0.29) is 0 Å². The van der Waals surface area contributed by atoms with Crippen LogP contribution in [0.5, 0.6) is 0 Å². The summed E-state index contributed by atoms with van der Waals surface area (Å²) in [6.45, 7) is 4.07. The molecular formula is C48H97NO5. The van der Waals surface area contributed by atoms with Crippen LogP contribution in [-0.4, -0.2) is 57.3 Å². The molecule has 54 heavy (non-hydrogen) atoms. The molecule has 0 aliphatic heterocycles. The van der Waals surface area contributed by atoms with Crippen molar-refractivity contribution in [3.05, 3.63) is 0 Å². The van der Waals surface area contributed by atoms with Crippen molar-refractivity contribution in [1.29, 1.82) is 0 Å². The summed E-state index contributed by atoms with van der Waals surface area (Å²) in [6, 6.07) is -0.979. The molecule has 0 rings (SSSR count). The highest BCUT2D eigenvalue weighted by Gasteiger charge is 2.28. The number of unbranched alkanes of at least 4 members (excludes halogenated alkanes) is 36. The van der Waals surface area contributed by atoms with Crippen LogP contribution in [0.3, 0.4) is 0 Å². The largest absolute Gasteiger partial charge is 0.394 e. The van der Waals surface area contributed by atoms with Crippen LogP contribution in [0, 0.1) is 0 Å². The number of hydrogen-bond acceptors (Lipinski definition) is 5. The van der Waals surface area contributed by atoms with E-state index in [1.165, 1.54) is 205 Å². The fourth-order valence-electron chi connectivity index (χ4n) is 7.94. The van der Waals surface area contributed by atoms with Gasteiger partial charge >= 0.3 is 0 Å². The van der Waals surface area contributed by atoms with Crippen LogP contribution in [0.2, 0.25) is 0 Å². The van der Waals surface area contributed by atoms with E-state index in [9.17, 15) is 25.2 Å². The van der Waals surface area contributed by atoms with Crippen molar-refractivity contribution in [3.63, 3.8) is 0 Å². The average molecular weight is 768 g/mol. The average Bonchev–Trinajstić information content (AvgIpc) is 3.18. The number of hydrogen-bond donors (Lipinski definition) is 5. The van der Waals surface area contributed by atoms with Gasteiger partial charge in [-0.15, -0.1) is 0 Å². The maximum atomic E-state index is 12.5. The van der Waals surface area contributed by atoms with Crippen molar-refractivity contribution in [2.45, 2.75) is 295 Å². The van der Waals surface area contributed by atoms with Gasteiger partial charge in [0.1, 0.15) is 12.2 Å².